The Labute approximate surface area is 68.4 Å². The summed E-state index contributed by atoms with van der Waals surface area (Å²) < 4.78 is 4.51. The standard InChI is InChI=1S/C6H10O6/c1-2-12-3-6(11,4(7)8)5(9)10/h11H,2-3H2,1H3,(H,7,8)(H,9,10). The minimum Gasteiger partial charge on any atom is -0.479 e. The number of aliphatic carboxylic acids is 2. The smallest absolute Gasteiger partial charge is 0.350 e. The maximum atomic E-state index is 10.3. The van der Waals surface area contributed by atoms with Crippen LogP contribution in [0.15, 0.2) is 0 Å². The summed E-state index contributed by atoms with van der Waals surface area (Å²) >= 11 is 0. The van der Waals surface area contributed by atoms with E-state index in [0.29, 0.717) is 0 Å². The Morgan fingerprint density at radius 3 is 2.00 bits per heavy atom. The lowest BCUT2D eigenvalue weighted by Gasteiger charge is -2.17. The number of hydrogen-bond donors (Lipinski definition) is 3. The molecule has 0 spiro atoms. The van der Waals surface area contributed by atoms with Gasteiger partial charge in [0.25, 0.3) is 5.60 Å². The second kappa shape index (κ2) is 4.03. The molecule has 0 aliphatic carbocycles. The van der Waals surface area contributed by atoms with Gasteiger partial charge >= 0.3 is 11.9 Å². The summed E-state index contributed by atoms with van der Waals surface area (Å²) in [5, 5.41) is 25.6. The van der Waals surface area contributed by atoms with Crippen molar-refractivity contribution < 1.29 is 29.6 Å². The predicted molar refractivity (Wildman–Crippen MR) is 36.7 cm³/mol. The van der Waals surface area contributed by atoms with Gasteiger partial charge in [0.1, 0.15) is 0 Å². The third-order valence-electron chi connectivity index (χ3n) is 1.22. The lowest BCUT2D eigenvalue weighted by atomic mass is 10.1. The highest BCUT2D eigenvalue weighted by molar-refractivity contribution is 6.01. The molecule has 0 aromatic carbocycles. The van der Waals surface area contributed by atoms with Crippen molar-refractivity contribution in [3.63, 3.8) is 0 Å². The van der Waals surface area contributed by atoms with E-state index >= 15 is 0 Å². The first-order valence-electron chi connectivity index (χ1n) is 3.22. The molecule has 70 valence electrons. The fourth-order valence-corrected chi connectivity index (χ4v) is 0.465. The molecule has 6 heteroatoms. The monoisotopic (exact) mass is 178 g/mol. The number of rotatable bonds is 5. The van der Waals surface area contributed by atoms with Crippen molar-refractivity contribution in [2.45, 2.75) is 12.5 Å². The lowest BCUT2D eigenvalue weighted by molar-refractivity contribution is -0.182. The highest BCUT2D eigenvalue weighted by atomic mass is 16.5. The summed E-state index contributed by atoms with van der Waals surface area (Å²) in [4.78, 5) is 20.5. The zero-order valence-electron chi connectivity index (χ0n) is 6.48. The van der Waals surface area contributed by atoms with E-state index in [2.05, 4.69) is 4.74 Å². The Morgan fingerprint density at radius 2 is 1.75 bits per heavy atom. The predicted octanol–water partition coefficient (Wildman–Crippen LogP) is -1.08. The molecule has 0 radical (unpaired) electrons. The molecule has 0 saturated carbocycles. The third kappa shape index (κ3) is 2.18. The first-order chi connectivity index (χ1) is 5.45. The molecule has 0 fully saturated rings. The molecule has 0 amide bonds. The highest BCUT2D eigenvalue weighted by Crippen LogP contribution is 2.05. The van der Waals surface area contributed by atoms with Crippen molar-refractivity contribution >= 4 is 11.9 Å². The van der Waals surface area contributed by atoms with Crippen LogP contribution in [0.4, 0.5) is 0 Å². The van der Waals surface area contributed by atoms with Crippen molar-refractivity contribution in [1.29, 1.82) is 0 Å². The SMILES string of the molecule is CCOCC(O)(C(=O)O)C(=O)O. The second-order valence-corrected chi connectivity index (χ2v) is 2.11. The number of aliphatic hydroxyl groups is 1. The quantitative estimate of drug-likeness (QED) is 0.463. The van der Waals surface area contributed by atoms with Crippen molar-refractivity contribution in [1.82, 2.24) is 0 Å². The van der Waals surface area contributed by atoms with Crippen LogP contribution in [0.2, 0.25) is 0 Å². The number of carboxylic acids is 2. The first-order valence-corrected chi connectivity index (χ1v) is 3.22. The molecule has 0 aliphatic heterocycles. The molecule has 0 rings (SSSR count). The van der Waals surface area contributed by atoms with Gasteiger partial charge in [-0.1, -0.05) is 0 Å². The van der Waals surface area contributed by atoms with Crippen LogP contribution in [-0.4, -0.2) is 46.1 Å². The van der Waals surface area contributed by atoms with E-state index in [0.717, 1.165) is 0 Å². The Bertz CT molecular complexity index is 172. The fourth-order valence-electron chi connectivity index (χ4n) is 0.465. The van der Waals surface area contributed by atoms with Crippen LogP contribution in [0.3, 0.4) is 0 Å². The molecular formula is C6H10O6. The van der Waals surface area contributed by atoms with Gasteiger partial charge in [-0.05, 0) is 6.92 Å². The molecule has 0 bridgehead atoms. The fraction of sp³-hybridized carbons (Fsp3) is 0.667. The van der Waals surface area contributed by atoms with Crippen molar-refractivity contribution in [2.24, 2.45) is 0 Å². The topological polar surface area (TPSA) is 104 Å². The number of hydrogen-bond acceptors (Lipinski definition) is 4. The summed E-state index contributed by atoms with van der Waals surface area (Å²) in [6.45, 7) is 0.946. The van der Waals surface area contributed by atoms with Gasteiger partial charge in [0.2, 0.25) is 0 Å². The minimum atomic E-state index is -2.84. The van der Waals surface area contributed by atoms with Crippen LogP contribution >= 0.6 is 0 Å². The number of ether oxygens (including phenoxy) is 1. The average Bonchev–Trinajstić information content (AvgIpc) is 1.99. The number of carboxylic acid groups (broad SMARTS) is 2. The zero-order valence-corrected chi connectivity index (χ0v) is 6.48. The van der Waals surface area contributed by atoms with Gasteiger partial charge in [-0.3, -0.25) is 0 Å². The molecule has 0 aromatic heterocycles. The summed E-state index contributed by atoms with van der Waals surface area (Å²) in [7, 11) is 0. The van der Waals surface area contributed by atoms with Gasteiger partial charge in [-0.25, -0.2) is 9.59 Å². The average molecular weight is 178 g/mol. The summed E-state index contributed by atoms with van der Waals surface area (Å²) in [5.41, 5.74) is -2.84. The van der Waals surface area contributed by atoms with Crippen molar-refractivity contribution in [3.8, 4) is 0 Å². The largest absolute Gasteiger partial charge is 0.479 e. The second-order valence-electron chi connectivity index (χ2n) is 2.11. The molecule has 0 unspecified atom stereocenters. The van der Waals surface area contributed by atoms with Gasteiger partial charge in [0, 0.05) is 6.61 Å². The molecule has 0 aliphatic rings. The molecule has 0 heterocycles. The first kappa shape index (κ1) is 10.9. The van der Waals surface area contributed by atoms with Gasteiger partial charge < -0.3 is 20.1 Å². The molecule has 3 N–H and O–H groups in total. The number of carbonyl (C=O) groups is 2. The van der Waals surface area contributed by atoms with E-state index in [4.69, 9.17) is 15.3 Å². The summed E-state index contributed by atoms with van der Waals surface area (Å²) in [6.07, 6.45) is 0. The molecular weight excluding hydrogens is 168 g/mol. The van der Waals surface area contributed by atoms with Crippen molar-refractivity contribution in [3.05, 3.63) is 0 Å². The van der Waals surface area contributed by atoms with E-state index in [1.807, 2.05) is 0 Å². The molecule has 0 aromatic rings. The van der Waals surface area contributed by atoms with Crippen LogP contribution in [-0.2, 0) is 14.3 Å². The van der Waals surface area contributed by atoms with Crippen LogP contribution in [0.5, 0.6) is 0 Å². The maximum absolute atomic E-state index is 10.3. The Morgan fingerprint density at radius 1 is 1.33 bits per heavy atom. The van der Waals surface area contributed by atoms with Crippen LogP contribution in [0, 0.1) is 0 Å². The lowest BCUT2D eigenvalue weighted by Crippen LogP contribution is -2.50. The third-order valence-corrected chi connectivity index (χ3v) is 1.22. The van der Waals surface area contributed by atoms with Crippen LogP contribution in [0.1, 0.15) is 6.92 Å². The molecule has 6 nitrogen and oxygen atoms in total. The molecule has 12 heavy (non-hydrogen) atoms. The Hall–Kier alpha value is -1.14. The summed E-state index contributed by atoms with van der Waals surface area (Å²) in [6, 6.07) is 0. The summed E-state index contributed by atoms with van der Waals surface area (Å²) in [5.74, 6) is -3.66. The van der Waals surface area contributed by atoms with E-state index in [1.54, 1.807) is 6.92 Å². The zero-order chi connectivity index (χ0) is 9.78. The van der Waals surface area contributed by atoms with Crippen LogP contribution < -0.4 is 0 Å². The Balaban J connectivity index is 4.40. The molecule has 0 atom stereocenters. The normalized spacial score (nSPS) is 11.2. The van der Waals surface area contributed by atoms with Gasteiger partial charge in [-0.15, -0.1) is 0 Å². The highest BCUT2D eigenvalue weighted by Gasteiger charge is 2.45. The van der Waals surface area contributed by atoms with Gasteiger partial charge in [-0.2, -0.15) is 0 Å². The Kier molecular flexibility index (Phi) is 3.65. The maximum Gasteiger partial charge on any atom is 0.350 e. The van der Waals surface area contributed by atoms with E-state index in [1.165, 1.54) is 0 Å². The molecule has 0 saturated heterocycles. The minimum absolute atomic E-state index is 0.142. The van der Waals surface area contributed by atoms with Crippen molar-refractivity contribution in [2.75, 3.05) is 13.2 Å². The van der Waals surface area contributed by atoms with Gasteiger partial charge in [0.15, 0.2) is 0 Å². The van der Waals surface area contributed by atoms with Gasteiger partial charge in [0.05, 0.1) is 6.61 Å². The van der Waals surface area contributed by atoms with E-state index in [-0.39, 0.29) is 6.61 Å². The van der Waals surface area contributed by atoms with E-state index in [9.17, 15) is 9.59 Å². The van der Waals surface area contributed by atoms with Crippen LogP contribution in [0.25, 0.3) is 0 Å². The van der Waals surface area contributed by atoms with E-state index < -0.39 is 24.1 Å².